The van der Waals surface area contributed by atoms with Crippen molar-refractivity contribution in [1.82, 2.24) is 9.78 Å². The molecule has 0 aliphatic carbocycles. The van der Waals surface area contributed by atoms with Gasteiger partial charge in [0.05, 0.1) is 17.1 Å². The number of hydrogen-bond donors (Lipinski definition) is 2. The molecule has 6 nitrogen and oxygen atoms in total. The molecule has 108 valence electrons. The molecule has 0 spiro atoms. The molecule has 0 saturated carbocycles. The molecule has 0 atom stereocenters. The number of nitrogens with two attached hydrogens (primary N) is 2. The topological polar surface area (TPSA) is 104 Å². The van der Waals surface area contributed by atoms with E-state index in [-0.39, 0.29) is 10.6 Å². The Morgan fingerprint density at radius 1 is 1.25 bits per heavy atom. The second-order valence-corrected chi connectivity index (χ2v) is 6.01. The zero-order valence-corrected chi connectivity index (χ0v) is 12.3. The van der Waals surface area contributed by atoms with E-state index in [0.717, 1.165) is 24.2 Å². The van der Waals surface area contributed by atoms with Crippen LogP contribution in [0.4, 0.5) is 5.69 Å². The highest BCUT2D eigenvalue weighted by Gasteiger charge is 2.17. The smallest absolute Gasteiger partial charge is 0.240 e. The molecule has 2 rings (SSSR count). The molecular weight excluding hydrogens is 276 g/mol. The summed E-state index contributed by atoms with van der Waals surface area (Å²) in [5, 5.41) is 9.62. The quantitative estimate of drug-likeness (QED) is 0.827. The number of para-hydroxylation sites is 1. The summed E-state index contributed by atoms with van der Waals surface area (Å²) in [5.41, 5.74) is 8.52. The molecule has 0 unspecified atom stereocenters. The van der Waals surface area contributed by atoms with Gasteiger partial charge in [-0.15, -0.1) is 0 Å². The van der Waals surface area contributed by atoms with Crippen LogP contribution in [0.2, 0.25) is 0 Å². The third-order valence-electron chi connectivity index (χ3n) is 3.14. The molecule has 0 amide bonds. The van der Waals surface area contributed by atoms with Crippen molar-refractivity contribution in [2.45, 2.75) is 31.6 Å². The number of nitrogens with zero attached hydrogens (tertiary/aromatic N) is 2. The van der Waals surface area contributed by atoms with Crippen LogP contribution in [0.3, 0.4) is 0 Å². The number of benzene rings is 1. The summed E-state index contributed by atoms with van der Waals surface area (Å²) >= 11 is 0. The van der Waals surface area contributed by atoms with Crippen molar-refractivity contribution in [3.63, 3.8) is 0 Å². The second-order valence-electron chi connectivity index (χ2n) is 4.48. The van der Waals surface area contributed by atoms with E-state index in [1.54, 1.807) is 16.8 Å². The fourth-order valence-corrected chi connectivity index (χ4v) is 2.75. The van der Waals surface area contributed by atoms with Crippen molar-refractivity contribution in [3.05, 3.63) is 35.7 Å². The number of nitrogen functional groups attached to an aromatic ring is 1. The van der Waals surface area contributed by atoms with Gasteiger partial charge in [-0.25, -0.2) is 18.2 Å². The first kappa shape index (κ1) is 14.5. The minimum absolute atomic E-state index is 0.0781. The summed E-state index contributed by atoms with van der Waals surface area (Å²) in [5.74, 6) is 0. The number of rotatable bonds is 4. The maximum absolute atomic E-state index is 11.5. The van der Waals surface area contributed by atoms with Crippen LogP contribution >= 0.6 is 0 Å². The van der Waals surface area contributed by atoms with Gasteiger partial charge in [0.15, 0.2) is 0 Å². The molecule has 4 N–H and O–H groups in total. The minimum Gasteiger partial charge on any atom is -0.396 e. The fraction of sp³-hybridized carbons (Fsp3) is 0.308. The molecule has 20 heavy (non-hydrogen) atoms. The van der Waals surface area contributed by atoms with Crippen molar-refractivity contribution >= 4 is 15.7 Å². The van der Waals surface area contributed by atoms with Crippen molar-refractivity contribution in [2.75, 3.05) is 5.73 Å². The number of hydrogen-bond acceptors (Lipinski definition) is 4. The zero-order chi connectivity index (χ0) is 14.9. The largest absolute Gasteiger partial charge is 0.396 e. The molecule has 7 heteroatoms. The van der Waals surface area contributed by atoms with Gasteiger partial charge in [0.1, 0.15) is 4.90 Å². The van der Waals surface area contributed by atoms with Gasteiger partial charge in [0.25, 0.3) is 0 Å². The van der Waals surface area contributed by atoms with Crippen LogP contribution in [0.5, 0.6) is 0 Å². The number of aryl methyl sites for hydroxylation is 2. The van der Waals surface area contributed by atoms with Gasteiger partial charge in [-0.1, -0.05) is 19.9 Å². The van der Waals surface area contributed by atoms with Gasteiger partial charge in [0.2, 0.25) is 10.0 Å². The van der Waals surface area contributed by atoms with E-state index >= 15 is 0 Å². The number of sulfonamides is 1. The predicted molar refractivity (Wildman–Crippen MR) is 78.1 cm³/mol. The van der Waals surface area contributed by atoms with Crippen LogP contribution in [-0.2, 0) is 22.9 Å². The van der Waals surface area contributed by atoms with Gasteiger partial charge in [-0.2, -0.15) is 5.10 Å². The van der Waals surface area contributed by atoms with E-state index in [0.29, 0.717) is 5.69 Å². The van der Waals surface area contributed by atoms with E-state index in [2.05, 4.69) is 5.10 Å². The van der Waals surface area contributed by atoms with E-state index in [9.17, 15) is 8.42 Å². The van der Waals surface area contributed by atoms with Crippen molar-refractivity contribution in [3.8, 4) is 5.69 Å². The number of aromatic nitrogens is 2. The molecule has 0 aliphatic heterocycles. The molecule has 2 aromatic rings. The number of anilines is 1. The average molecular weight is 294 g/mol. The van der Waals surface area contributed by atoms with Crippen LogP contribution in [0.15, 0.2) is 29.2 Å². The third-order valence-corrected chi connectivity index (χ3v) is 4.11. The van der Waals surface area contributed by atoms with Crippen molar-refractivity contribution < 1.29 is 8.42 Å². The van der Waals surface area contributed by atoms with E-state index in [1.165, 1.54) is 6.07 Å². The monoisotopic (exact) mass is 294 g/mol. The molecule has 0 aliphatic rings. The lowest BCUT2D eigenvalue weighted by molar-refractivity contribution is 0.598. The Kier molecular flexibility index (Phi) is 3.82. The lowest BCUT2D eigenvalue weighted by atomic mass is 10.2. The maximum Gasteiger partial charge on any atom is 0.240 e. The first-order chi connectivity index (χ1) is 9.38. The highest BCUT2D eigenvalue weighted by atomic mass is 32.2. The van der Waals surface area contributed by atoms with Gasteiger partial charge in [0, 0.05) is 5.69 Å². The van der Waals surface area contributed by atoms with Gasteiger partial charge >= 0.3 is 0 Å². The Morgan fingerprint density at radius 3 is 2.50 bits per heavy atom. The van der Waals surface area contributed by atoms with Crippen LogP contribution in [-0.4, -0.2) is 18.2 Å². The first-order valence-corrected chi connectivity index (χ1v) is 7.92. The lowest BCUT2D eigenvalue weighted by Crippen LogP contribution is -2.16. The van der Waals surface area contributed by atoms with E-state index < -0.39 is 10.0 Å². The fourth-order valence-electron chi connectivity index (χ4n) is 2.07. The summed E-state index contributed by atoms with van der Waals surface area (Å²) in [4.78, 5) is -0.0781. The summed E-state index contributed by atoms with van der Waals surface area (Å²) in [6, 6.07) is 6.72. The van der Waals surface area contributed by atoms with Crippen LogP contribution < -0.4 is 10.9 Å². The second kappa shape index (κ2) is 5.26. The van der Waals surface area contributed by atoms with Crippen LogP contribution in [0, 0.1) is 0 Å². The Balaban J connectivity index is 2.68. The molecular formula is C13H18N4O2S. The average Bonchev–Trinajstić information content (AvgIpc) is 2.80. The van der Waals surface area contributed by atoms with E-state index in [1.807, 2.05) is 19.9 Å². The molecule has 0 fully saturated rings. The molecule has 1 aromatic heterocycles. The first-order valence-electron chi connectivity index (χ1n) is 6.38. The summed E-state index contributed by atoms with van der Waals surface area (Å²) in [7, 11) is -3.85. The highest BCUT2D eigenvalue weighted by molar-refractivity contribution is 7.89. The third kappa shape index (κ3) is 2.54. The SMILES string of the molecule is CCc1cc(CC)n(-c2cccc(S(N)(=O)=O)c2N)n1. The number of primary sulfonamides is 1. The highest BCUT2D eigenvalue weighted by Crippen LogP contribution is 2.26. The Morgan fingerprint density at radius 2 is 1.95 bits per heavy atom. The van der Waals surface area contributed by atoms with Gasteiger partial charge < -0.3 is 5.73 Å². The van der Waals surface area contributed by atoms with E-state index in [4.69, 9.17) is 10.9 Å². The minimum atomic E-state index is -3.85. The molecule has 0 radical (unpaired) electrons. The van der Waals surface area contributed by atoms with Gasteiger partial charge in [-0.05, 0) is 31.0 Å². The molecule has 0 bridgehead atoms. The normalized spacial score (nSPS) is 11.8. The standard InChI is InChI=1S/C13H18N4O2S/c1-3-9-8-10(4-2)17(16-9)11-6-5-7-12(13(11)14)20(15,18)19/h5-8H,3-4,14H2,1-2H3,(H2,15,18,19). The van der Waals surface area contributed by atoms with Crippen molar-refractivity contribution in [2.24, 2.45) is 5.14 Å². The van der Waals surface area contributed by atoms with Crippen LogP contribution in [0.25, 0.3) is 5.69 Å². The Bertz CT molecular complexity index is 735. The molecule has 0 saturated heterocycles. The van der Waals surface area contributed by atoms with Crippen molar-refractivity contribution in [1.29, 1.82) is 0 Å². The molecule has 1 aromatic carbocycles. The maximum atomic E-state index is 11.5. The zero-order valence-electron chi connectivity index (χ0n) is 11.5. The summed E-state index contributed by atoms with van der Waals surface area (Å²) < 4.78 is 24.7. The van der Waals surface area contributed by atoms with Crippen LogP contribution in [0.1, 0.15) is 25.2 Å². The summed E-state index contributed by atoms with van der Waals surface area (Å²) in [6.45, 7) is 4.02. The molecule has 1 heterocycles. The Hall–Kier alpha value is -1.86. The Labute approximate surface area is 118 Å². The summed E-state index contributed by atoms with van der Waals surface area (Å²) in [6.07, 6.45) is 1.57. The van der Waals surface area contributed by atoms with Gasteiger partial charge in [-0.3, -0.25) is 0 Å². The predicted octanol–water partition coefficient (Wildman–Crippen LogP) is 1.23. The lowest BCUT2D eigenvalue weighted by Gasteiger charge is -2.11.